The predicted molar refractivity (Wildman–Crippen MR) is 28.0 cm³/mol. The first-order chi connectivity index (χ1) is 3.91. The van der Waals surface area contributed by atoms with Crippen molar-refractivity contribution in [3.8, 4) is 0 Å². The summed E-state index contributed by atoms with van der Waals surface area (Å²) in [5.41, 5.74) is 9.81. The zero-order valence-corrected chi connectivity index (χ0v) is 6.33. The average molecular weight is 219 g/mol. The van der Waals surface area contributed by atoms with Crippen LogP contribution in [0.25, 0.3) is 0 Å². The van der Waals surface area contributed by atoms with Crippen LogP contribution in [0.2, 0.25) is 0 Å². The molecule has 0 aromatic carbocycles. The van der Waals surface area contributed by atoms with Crippen molar-refractivity contribution < 1.29 is 20.4 Å². The Hall–Kier alpha value is -0.438. The third kappa shape index (κ3) is 740. The minimum Gasteiger partial charge on any atom is -0.512 e. The van der Waals surface area contributed by atoms with Crippen molar-refractivity contribution in [2.24, 2.45) is 11.5 Å². The summed E-state index contributed by atoms with van der Waals surface area (Å²) in [4.78, 5) is 0. The van der Waals surface area contributed by atoms with Gasteiger partial charge < -0.3 is 35.1 Å². The largest absolute Gasteiger partial charge is 2.00 e. The van der Waals surface area contributed by atoms with Crippen LogP contribution in [-0.4, -0.2) is 13.1 Å². The summed E-state index contributed by atoms with van der Waals surface area (Å²) in [7, 11) is 0. The molecule has 0 atom stereocenters. The first kappa shape index (κ1) is 23.5. The van der Waals surface area contributed by atoms with Gasteiger partial charge >= 0.3 is 20.4 Å². The molecule has 0 saturated carbocycles. The summed E-state index contributed by atoms with van der Waals surface area (Å²) in [6.07, 6.45) is 0. The van der Waals surface area contributed by atoms with Crippen molar-refractivity contribution in [1.82, 2.24) is 0 Å². The molecule has 0 radical (unpaired) electrons. The van der Waals surface area contributed by atoms with Crippen molar-refractivity contribution >= 4 is 0 Å². The monoisotopic (exact) mass is 218 g/mol. The normalized spacial score (nSPS) is 3.78. The molecule has 0 fully saturated rings. The second kappa shape index (κ2) is 133. The van der Waals surface area contributed by atoms with E-state index >= 15 is 0 Å². The summed E-state index contributed by atoms with van der Waals surface area (Å²) < 4.78 is 0. The molecule has 0 heterocycles. The molecule has 0 bridgehead atoms. The Balaban J connectivity index is -0.0000000221. The smallest absolute Gasteiger partial charge is 0.512 e. The van der Waals surface area contributed by atoms with Crippen LogP contribution in [0, 0.1) is 23.7 Å². The van der Waals surface area contributed by atoms with Gasteiger partial charge in [-0.15, -0.1) is 0 Å². The molecule has 0 aliphatic carbocycles. The first-order valence-corrected chi connectivity index (χ1v) is 1.76. The fraction of sp³-hybridized carbons (Fsp3) is 0.500. The van der Waals surface area contributed by atoms with Crippen LogP contribution in [-0.2, 0) is 20.4 Å². The standard InChI is InChI=1S/C2H8N2.2CN.Pd/c3-1-2-4;2*1-2;/h1-4H2;;;/q;2*-1;+2. The molecule has 0 aromatic heterocycles. The molecule has 9 heavy (non-hydrogen) atoms. The molecule has 0 aromatic rings. The Bertz CT molecular complexity index is 43.0. The molecule has 0 aliphatic heterocycles. The summed E-state index contributed by atoms with van der Waals surface area (Å²) in [6.45, 7) is 10.7. The van der Waals surface area contributed by atoms with E-state index in [4.69, 9.17) is 35.1 Å². The fourth-order valence-electron chi connectivity index (χ4n) is 0. The zero-order chi connectivity index (χ0) is 7.41. The van der Waals surface area contributed by atoms with Crippen molar-refractivity contribution in [2.75, 3.05) is 13.1 Å². The molecule has 0 amide bonds. The van der Waals surface area contributed by atoms with Crippen LogP contribution < -0.4 is 11.5 Å². The van der Waals surface area contributed by atoms with Crippen LogP contribution in [0.5, 0.6) is 0 Å². The fourth-order valence-corrected chi connectivity index (χ4v) is 0. The number of hydrogen-bond acceptors (Lipinski definition) is 4. The summed E-state index contributed by atoms with van der Waals surface area (Å²) in [5.74, 6) is 0. The van der Waals surface area contributed by atoms with E-state index in [1.807, 2.05) is 0 Å². The van der Waals surface area contributed by atoms with E-state index in [1.165, 1.54) is 0 Å². The van der Waals surface area contributed by atoms with Gasteiger partial charge in [-0.2, -0.15) is 0 Å². The number of nitrogens with zero attached hydrogens (tertiary/aromatic N) is 2. The average Bonchev–Trinajstić information content (AvgIpc) is 1.96. The molecule has 0 aliphatic rings. The second-order valence-corrected chi connectivity index (χ2v) is 0.577. The van der Waals surface area contributed by atoms with Crippen LogP contribution in [0.15, 0.2) is 0 Å². The third-order valence-electron chi connectivity index (χ3n) is 0.167. The van der Waals surface area contributed by atoms with Crippen LogP contribution >= 0.6 is 0 Å². The van der Waals surface area contributed by atoms with Gasteiger partial charge in [-0.05, 0) is 0 Å². The SMILES string of the molecule is NCCN.[C-]#N.[C-]#N.[Pd+2]. The Labute approximate surface area is 69.1 Å². The van der Waals surface area contributed by atoms with E-state index in [0.29, 0.717) is 13.1 Å². The van der Waals surface area contributed by atoms with Gasteiger partial charge in [-0.25, -0.2) is 0 Å². The quantitative estimate of drug-likeness (QED) is 0.440. The van der Waals surface area contributed by atoms with Crippen molar-refractivity contribution in [3.05, 3.63) is 13.1 Å². The molecule has 0 unspecified atom stereocenters. The number of rotatable bonds is 1. The first-order valence-electron chi connectivity index (χ1n) is 1.76. The third-order valence-corrected chi connectivity index (χ3v) is 0.167. The Morgan fingerprint density at radius 3 is 1.00 bits per heavy atom. The summed E-state index contributed by atoms with van der Waals surface area (Å²) >= 11 is 0. The van der Waals surface area contributed by atoms with Crippen LogP contribution in [0.1, 0.15) is 0 Å². The van der Waals surface area contributed by atoms with E-state index in [0.717, 1.165) is 0 Å². The maximum atomic E-state index is 6.25. The maximum Gasteiger partial charge on any atom is 2.00 e. The minimum absolute atomic E-state index is 0. The van der Waals surface area contributed by atoms with E-state index < -0.39 is 0 Å². The van der Waals surface area contributed by atoms with Gasteiger partial charge in [-0.3, -0.25) is 0 Å². The van der Waals surface area contributed by atoms with Crippen molar-refractivity contribution in [2.45, 2.75) is 0 Å². The van der Waals surface area contributed by atoms with Gasteiger partial charge in [0.15, 0.2) is 0 Å². The van der Waals surface area contributed by atoms with E-state index in [2.05, 4.69) is 0 Å². The zero-order valence-electron chi connectivity index (χ0n) is 4.78. The second-order valence-electron chi connectivity index (χ2n) is 0.577. The summed E-state index contributed by atoms with van der Waals surface area (Å²) in [5, 5.41) is 12.5. The minimum atomic E-state index is 0. The number of hydrogen-bond donors (Lipinski definition) is 2. The molecular formula is C4H8N4Pd. The van der Waals surface area contributed by atoms with Gasteiger partial charge in [0.1, 0.15) is 0 Å². The molecule has 4 nitrogen and oxygen atoms in total. The molecule has 54 valence electrons. The molecule has 0 spiro atoms. The maximum absolute atomic E-state index is 6.25. The Kier molecular flexibility index (Phi) is 349. The number of nitrogens with two attached hydrogens (primary N) is 2. The predicted octanol–water partition coefficient (Wildman–Crippen LogP) is -0.906. The molecule has 0 saturated heterocycles. The van der Waals surface area contributed by atoms with Crippen molar-refractivity contribution in [3.63, 3.8) is 0 Å². The van der Waals surface area contributed by atoms with Crippen molar-refractivity contribution in [1.29, 1.82) is 10.5 Å². The van der Waals surface area contributed by atoms with E-state index in [1.54, 1.807) is 0 Å². The van der Waals surface area contributed by atoms with Crippen LogP contribution in [0.4, 0.5) is 0 Å². The Morgan fingerprint density at radius 1 is 0.889 bits per heavy atom. The molecule has 4 N–H and O–H groups in total. The molecule has 5 heteroatoms. The van der Waals surface area contributed by atoms with Crippen LogP contribution in [0.3, 0.4) is 0 Å². The van der Waals surface area contributed by atoms with Gasteiger partial charge in [0, 0.05) is 13.1 Å². The summed E-state index contributed by atoms with van der Waals surface area (Å²) in [6, 6.07) is 0. The van der Waals surface area contributed by atoms with Gasteiger partial charge in [0.05, 0.1) is 0 Å². The topological polar surface area (TPSA) is 99.6 Å². The van der Waals surface area contributed by atoms with Gasteiger partial charge in [0.2, 0.25) is 0 Å². The van der Waals surface area contributed by atoms with Gasteiger partial charge in [-0.1, -0.05) is 0 Å². The molecule has 0 rings (SSSR count). The van der Waals surface area contributed by atoms with E-state index in [9.17, 15) is 0 Å². The Morgan fingerprint density at radius 2 is 1.00 bits per heavy atom. The van der Waals surface area contributed by atoms with E-state index in [-0.39, 0.29) is 20.4 Å². The molecular weight excluding hydrogens is 210 g/mol. The van der Waals surface area contributed by atoms with Gasteiger partial charge in [0.25, 0.3) is 0 Å².